The minimum absolute atomic E-state index is 0.0133. The molecule has 1 rings (SSSR count). The summed E-state index contributed by atoms with van der Waals surface area (Å²) in [4.78, 5) is 3.84. The van der Waals surface area contributed by atoms with Crippen LogP contribution in [0.5, 0.6) is 0 Å². The van der Waals surface area contributed by atoms with E-state index in [1.54, 1.807) is 4.57 Å². The van der Waals surface area contributed by atoms with Crippen LogP contribution in [-0.4, -0.2) is 29.3 Å². The van der Waals surface area contributed by atoms with Crippen molar-refractivity contribution in [2.24, 2.45) is 0 Å². The van der Waals surface area contributed by atoms with Crippen molar-refractivity contribution in [3.63, 3.8) is 0 Å². The fraction of sp³-hybridized carbons (Fsp3) is 0.667. The summed E-state index contributed by atoms with van der Waals surface area (Å²) < 4.78 is 24.5. The number of aliphatic hydroxyl groups is 1. The average Bonchev–Trinajstić information content (AvgIpc) is 2.59. The molecule has 1 aromatic heterocycles. The van der Waals surface area contributed by atoms with Crippen LogP contribution >= 0.6 is 0 Å². The standard InChI is InChI=1S/C9H16N2O3S/c1-4-7(2)11-8(6-12)5-10-9(11)15(3,13)14/h5,7,12H,4,6H2,1-3H3/t7-/m0/s1. The van der Waals surface area contributed by atoms with Crippen LogP contribution in [0, 0.1) is 0 Å². The van der Waals surface area contributed by atoms with Crippen molar-refractivity contribution in [2.45, 2.75) is 38.1 Å². The van der Waals surface area contributed by atoms with Gasteiger partial charge in [0, 0.05) is 12.3 Å². The molecule has 0 aliphatic carbocycles. The monoisotopic (exact) mass is 232 g/mol. The molecule has 86 valence electrons. The van der Waals surface area contributed by atoms with E-state index in [-0.39, 0.29) is 17.8 Å². The van der Waals surface area contributed by atoms with E-state index in [9.17, 15) is 8.42 Å². The highest BCUT2D eigenvalue weighted by molar-refractivity contribution is 7.90. The zero-order valence-electron chi connectivity index (χ0n) is 9.14. The average molecular weight is 232 g/mol. The Morgan fingerprint density at radius 3 is 2.60 bits per heavy atom. The predicted octanol–water partition coefficient (Wildman–Crippen LogP) is 0.750. The van der Waals surface area contributed by atoms with Crippen LogP contribution in [0.4, 0.5) is 0 Å². The molecule has 0 aliphatic rings. The van der Waals surface area contributed by atoms with Crippen molar-refractivity contribution in [1.82, 2.24) is 9.55 Å². The molecule has 6 heteroatoms. The summed E-state index contributed by atoms with van der Waals surface area (Å²) >= 11 is 0. The Kier molecular flexibility index (Phi) is 3.51. The van der Waals surface area contributed by atoms with Crippen molar-refractivity contribution in [2.75, 3.05) is 6.26 Å². The fourth-order valence-corrected chi connectivity index (χ4v) is 2.32. The third kappa shape index (κ3) is 2.38. The molecule has 0 spiro atoms. The van der Waals surface area contributed by atoms with E-state index in [4.69, 9.17) is 5.11 Å². The highest BCUT2D eigenvalue weighted by atomic mass is 32.2. The first kappa shape index (κ1) is 12.2. The van der Waals surface area contributed by atoms with Gasteiger partial charge in [0.1, 0.15) is 0 Å². The van der Waals surface area contributed by atoms with Gasteiger partial charge in [-0.15, -0.1) is 0 Å². The normalized spacial score (nSPS) is 14.1. The molecule has 0 saturated carbocycles. The molecule has 0 bridgehead atoms. The van der Waals surface area contributed by atoms with Crippen molar-refractivity contribution in [3.05, 3.63) is 11.9 Å². The number of sulfone groups is 1. The molecule has 1 heterocycles. The first-order chi connectivity index (χ1) is 6.91. The molecule has 0 fully saturated rings. The van der Waals surface area contributed by atoms with Gasteiger partial charge in [-0.2, -0.15) is 0 Å². The van der Waals surface area contributed by atoms with Gasteiger partial charge in [-0.1, -0.05) is 6.92 Å². The number of hydrogen-bond acceptors (Lipinski definition) is 4. The lowest BCUT2D eigenvalue weighted by molar-refractivity contribution is 0.263. The Balaban J connectivity index is 3.36. The maximum atomic E-state index is 11.4. The van der Waals surface area contributed by atoms with Crippen LogP contribution in [0.2, 0.25) is 0 Å². The lowest BCUT2D eigenvalue weighted by Crippen LogP contribution is -2.15. The van der Waals surface area contributed by atoms with Crippen LogP contribution < -0.4 is 0 Å². The molecule has 0 aliphatic heterocycles. The summed E-state index contributed by atoms with van der Waals surface area (Å²) in [7, 11) is -3.34. The van der Waals surface area contributed by atoms with Crippen molar-refractivity contribution < 1.29 is 13.5 Å². The number of hydrogen-bond donors (Lipinski definition) is 1. The summed E-state index contributed by atoms with van der Waals surface area (Å²) in [6, 6.07) is 0.0133. The molecule has 0 aromatic carbocycles. The number of rotatable bonds is 4. The van der Waals surface area contributed by atoms with Gasteiger partial charge in [-0.25, -0.2) is 13.4 Å². The van der Waals surface area contributed by atoms with Crippen LogP contribution in [0.1, 0.15) is 32.0 Å². The number of aromatic nitrogens is 2. The zero-order chi connectivity index (χ0) is 11.6. The topological polar surface area (TPSA) is 72.2 Å². The number of nitrogens with zero attached hydrogens (tertiary/aromatic N) is 2. The van der Waals surface area contributed by atoms with Crippen molar-refractivity contribution >= 4 is 9.84 Å². The molecule has 0 unspecified atom stereocenters. The van der Waals surface area contributed by atoms with Crippen LogP contribution in [0.25, 0.3) is 0 Å². The summed E-state index contributed by atoms with van der Waals surface area (Å²) in [5.74, 6) is 0. The number of imidazole rings is 1. The van der Waals surface area contributed by atoms with Gasteiger partial charge >= 0.3 is 0 Å². The molecule has 0 radical (unpaired) electrons. The van der Waals surface area contributed by atoms with Gasteiger partial charge in [0.05, 0.1) is 18.5 Å². The molecule has 1 N–H and O–H groups in total. The Bertz CT molecular complexity index is 436. The zero-order valence-corrected chi connectivity index (χ0v) is 9.95. The highest BCUT2D eigenvalue weighted by Gasteiger charge is 2.21. The largest absolute Gasteiger partial charge is 0.390 e. The first-order valence-electron chi connectivity index (χ1n) is 4.78. The molecule has 5 nitrogen and oxygen atoms in total. The Hall–Kier alpha value is -0.880. The quantitative estimate of drug-likeness (QED) is 0.831. The molecular weight excluding hydrogens is 216 g/mol. The smallest absolute Gasteiger partial charge is 0.227 e. The second kappa shape index (κ2) is 4.32. The SMILES string of the molecule is CC[C@H](C)n1c(CO)cnc1S(C)(=O)=O. The second-order valence-corrected chi connectivity index (χ2v) is 5.50. The molecule has 1 aromatic rings. The minimum Gasteiger partial charge on any atom is -0.390 e. The van der Waals surface area contributed by atoms with E-state index in [1.807, 2.05) is 13.8 Å². The molecule has 15 heavy (non-hydrogen) atoms. The second-order valence-electron chi connectivity index (χ2n) is 3.59. The molecule has 0 amide bonds. The maximum Gasteiger partial charge on any atom is 0.227 e. The van der Waals surface area contributed by atoms with E-state index in [0.717, 1.165) is 12.7 Å². The van der Waals surface area contributed by atoms with Gasteiger partial charge in [0.25, 0.3) is 0 Å². The van der Waals surface area contributed by atoms with Gasteiger partial charge in [0.2, 0.25) is 15.0 Å². The van der Waals surface area contributed by atoms with Crippen molar-refractivity contribution in [1.29, 1.82) is 0 Å². The minimum atomic E-state index is -3.34. The summed E-state index contributed by atoms with van der Waals surface area (Å²) in [6.45, 7) is 3.65. The molecule has 0 saturated heterocycles. The van der Waals surface area contributed by atoms with E-state index in [1.165, 1.54) is 6.20 Å². The third-order valence-corrected chi connectivity index (χ3v) is 3.33. The highest BCUT2D eigenvalue weighted by Crippen LogP contribution is 2.20. The molecular formula is C9H16N2O3S. The van der Waals surface area contributed by atoms with Crippen LogP contribution in [-0.2, 0) is 16.4 Å². The van der Waals surface area contributed by atoms with Gasteiger partial charge in [-0.05, 0) is 13.3 Å². The Morgan fingerprint density at radius 1 is 1.60 bits per heavy atom. The van der Waals surface area contributed by atoms with Crippen LogP contribution in [0.15, 0.2) is 11.4 Å². The van der Waals surface area contributed by atoms with Crippen LogP contribution in [0.3, 0.4) is 0 Å². The van der Waals surface area contributed by atoms with Gasteiger partial charge in [-0.3, -0.25) is 0 Å². The Morgan fingerprint density at radius 2 is 2.20 bits per heavy atom. The van der Waals surface area contributed by atoms with E-state index in [2.05, 4.69) is 4.98 Å². The Labute approximate surface area is 89.7 Å². The number of aliphatic hydroxyl groups excluding tert-OH is 1. The van der Waals surface area contributed by atoms with E-state index >= 15 is 0 Å². The van der Waals surface area contributed by atoms with Crippen molar-refractivity contribution in [3.8, 4) is 0 Å². The maximum absolute atomic E-state index is 11.4. The van der Waals surface area contributed by atoms with E-state index < -0.39 is 9.84 Å². The summed E-state index contributed by atoms with van der Waals surface area (Å²) in [6.07, 6.45) is 3.31. The summed E-state index contributed by atoms with van der Waals surface area (Å²) in [5, 5.41) is 9.11. The first-order valence-corrected chi connectivity index (χ1v) is 6.68. The van der Waals surface area contributed by atoms with Gasteiger partial charge in [0.15, 0.2) is 0 Å². The lowest BCUT2D eigenvalue weighted by atomic mass is 10.2. The molecule has 1 atom stereocenters. The van der Waals surface area contributed by atoms with Gasteiger partial charge < -0.3 is 9.67 Å². The lowest BCUT2D eigenvalue weighted by Gasteiger charge is -2.16. The predicted molar refractivity (Wildman–Crippen MR) is 56.3 cm³/mol. The van der Waals surface area contributed by atoms with E-state index in [0.29, 0.717) is 5.69 Å². The third-order valence-electron chi connectivity index (χ3n) is 2.36. The fourth-order valence-electron chi connectivity index (χ4n) is 1.42. The summed E-state index contributed by atoms with van der Waals surface area (Å²) in [5.41, 5.74) is 0.532.